The van der Waals surface area contributed by atoms with Gasteiger partial charge in [-0.25, -0.2) is 0 Å². The van der Waals surface area contributed by atoms with Crippen LogP contribution in [0.1, 0.15) is 18.4 Å². The maximum absolute atomic E-state index is 5.79. The third-order valence-corrected chi connectivity index (χ3v) is 2.99. The van der Waals surface area contributed by atoms with Crippen LogP contribution in [0.3, 0.4) is 0 Å². The van der Waals surface area contributed by atoms with E-state index in [0.717, 1.165) is 36.0 Å². The minimum Gasteiger partial charge on any atom is -0.490 e. The highest BCUT2D eigenvalue weighted by atomic mass is 79.9. The van der Waals surface area contributed by atoms with Crippen LogP contribution < -0.4 is 10.5 Å². The average molecular weight is 256 g/mol. The van der Waals surface area contributed by atoms with E-state index in [2.05, 4.69) is 22.0 Å². The second-order valence-corrected chi connectivity index (χ2v) is 4.54. The molecule has 76 valence electrons. The van der Waals surface area contributed by atoms with Gasteiger partial charge in [0.2, 0.25) is 0 Å². The number of rotatable bonds is 3. The first-order valence-corrected chi connectivity index (χ1v) is 5.74. The molecule has 14 heavy (non-hydrogen) atoms. The van der Waals surface area contributed by atoms with E-state index < -0.39 is 0 Å². The van der Waals surface area contributed by atoms with Gasteiger partial charge in [0.1, 0.15) is 11.9 Å². The number of hydrogen-bond donors (Lipinski definition) is 1. The topological polar surface area (TPSA) is 35.2 Å². The molecule has 0 fully saturated rings. The Morgan fingerprint density at radius 3 is 3.14 bits per heavy atom. The lowest BCUT2D eigenvalue weighted by Crippen LogP contribution is -2.14. The Morgan fingerprint density at radius 1 is 1.50 bits per heavy atom. The second kappa shape index (κ2) is 4.32. The summed E-state index contributed by atoms with van der Waals surface area (Å²) >= 11 is 3.46. The maximum Gasteiger partial charge on any atom is 0.123 e. The Morgan fingerprint density at radius 2 is 2.36 bits per heavy atom. The van der Waals surface area contributed by atoms with Gasteiger partial charge < -0.3 is 10.5 Å². The lowest BCUT2D eigenvalue weighted by atomic mass is 10.1. The van der Waals surface area contributed by atoms with Crippen LogP contribution in [0.5, 0.6) is 5.75 Å². The number of fused-ring (bicyclic) bond motifs is 1. The zero-order valence-electron chi connectivity index (χ0n) is 8.00. The fourth-order valence-corrected chi connectivity index (χ4v) is 2.20. The monoisotopic (exact) mass is 255 g/mol. The highest BCUT2D eigenvalue weighted by molar-refractivity contribution is 9.10. The van der Waals surface area contributed by atoms with Crippen LogP contribution in [0, 0.1) is 0 Å². The Bertz CT molecular complexity index is 327. The van der Waals surface area contributed by atoms with Crippen LogP contribution in [0.2, 0.25) is 0 Å². The summed E-state index contributed by atoms with van der Waals surface area (Å²) in [6.45, 7) is 0.750. The number of ether oxygens (including phenoxy) is 1. The highest BCUT2D eigenvalue weighted by Gasteiger charge is 2.21. The molecule has 2 nitrogen and oxygen atoms in total. The van der Waals surface area contributed by atoms with E-state index >= 15 is 0 Å². The summed E-state index contributed by atoms with van der Waals surface area (Å²) in [5.74, 6) is 1.04. The van der Waals surface area contributed by atoms with Gasteiger partial charge in [0.25, 0.3) is 0 Å². The van der Waals surface area contributed by atoms with E-state index in [9.17, 15) is 0 Å². The molecule has 1 aliphatic rings. The van der Waals surface area contributed by atoms with Gasteiger partial charge in [0, 0.05) is 10.9 Å². The minimum atomic E-state index is 0.336. The van der Waals surface area contributed by atoms with Crippen LogP contribution in [0.15, 0.2) is 22.7 Å². The third kappa shape index (κ3) is 2.10. The van der Waals surface area contributed by atoms with Crippen LogP contribution in [0.4, 0.5) is 0 Å². The molecule has 0 saturated carbocycles. The molecule has 0 aliphatic carbocycles. The molecule has 2 rings (SSSR count). The van der Waals surface area contributed by atoms with Gasteiger partial charge in [0.15, 0.2) is 0 Å². The maximum atomic E-state index is 5.79. The van der Waals surface area contributed by atoms with E-state index in [1.807, 2.05) is 12.1 Å². The van der Waals surface area contributed by atoms with Crippen molar-refractivity contribution < 1.29 is 4.74 Å². The van der Waals surface area contributed by atoms with Crippen LogP contribution in [-0.4, -0.2) is 12.6 Å². The zero-order valence-corrected chi connectivity index (χ0v) is 9.59. The van der Waals surface area contributed by atoms with Gasteiger partial charge in [-0.2, -0.15) is 0 Å². The molecule has 2 N–H and O–H groups in total. The van der Waals surface area contributed by atoms with E-state index in [0.29, 0.717) is 6.10 Å². The molecule has 3 heteroatoms. The molecule has 1 aromatic carbocycles. The van der Waals surface area contributed by atoms with Crippen molar-refractivity contribution in [2.45, 2.75) is 25.4 Å². The predicted molar refractivity (Wildman–Crippen MR) is 60.6 cm³/mol. The molecule has 1 aromatic rings. The average Bonchev–Trinajstić information content (AvgIpc) is 2.56. The van der Waals surface area contributed by atoms with Crippen molar-refractivity contribution in [1.29, 1.82) is 0 Å². The van der Waals surface area contributed by atoms with Gasteiger partial charge in [-0.15, -0.1) is 0 Å². The zero-order chi connectivity index (χ0) is 9.97. The van der Waals surface area contributed by atoms with E-state index in [1.54, 1.807) is 0 Å². The Hall–Kier alpha value is -0.540. The summed E-state index contributed by atoms with van der Waals surface area (Å²) in [7, 11) is 0. The summed E-state index contributed by atoms with van der Waals surface area (Å²) < 4.78 is 6.91. The molecule has 0 spiro atoms. The van der Waals surface area contributed by atoms with Crippen molar-refractivity contribution in [3.05, 3.63) is 28.2 Å². The van der Waals surface area contributed by atoms with Crippen molar-refractivity contribution in [3.63, 3.8) is 0 Å². The second-order valence-electron chi connectivity index (χ2n) is 3.63. The molecule has 0 amide bonds. The van der Waals surface area contributed by atoms with Crippen LogP contribution in [-0.2, 0) is 6.42 Å². The van der Waals surface area contributed by atoms with Crippen molar-refractivity contribution in [1.82, 2.24) is 0 Å². The normalized spacial score (nSPS) is 19.1. The van der Waals surface area contributed by atoms with Crippen LogP contribution in [0.25, 0.3) is 0 Å². The molecular weight excluding hydrogens is 242 g/mol. The van der Waals surface area contributed by atoms with Gasteiger partial charge in [-0.05, 0) is 43.1 Å². The van der Waals surface area contributed by atoms with Gasteiger partial charge >= 0.3 is 0 Å². The third-order valence-electron chi connectivity index (χ3n) is 2.49. The SMILES string of the molecule is NCCCC1Cc2cc(Br)ccc2O1. The molecule has 1 atom stereocenters. The van der Waals surface area contributed by atoms with E-state index in [4.69, 9.17) is 10.5 Å². The van der Waals surface area contributed by atoms with E-state index in [1.165, 1.54) is 5.56 Å². The van der Waals surface area contributed by atoms with Gasteiger partial charge in [-0.3, -0.25) is 0 Å². The summed E-state index contributed by atoms with van der Waals surface area (Å²) in [6, 6.07) is 6.18. The first kappa shape index (κ1) is 9.99. The number of halogens is 1. The van der Waals surface area contributed by atoms with Crippen LogP contribution >= 0.6 is 15.9 Å². The fraction of sp³-hybridized carbons (Fsp3) is 0.455. The lowest BCUT2D eigenvalue weighted by Gasteiger charge is -2.08. The van der Waals surface area contributed by atoms with Crippen molar-refractivity contribution in [2.75, 3.05) is 6.54 Å². The Balaban J connectivity index is 2.03. The standard InChI is InChI=1S/C11H14BrNO/c12-9-3-4-11-8(6-9)7-10(14-11)2-1-5-13/h3-4,6,10H,1-2,5,7,13H2. The predicted octanol–water partition coefficient (Wildman–Crippen LogP) is 2.49. The molecule has 1 aliphatic heterocycles. The smallest absolute Gasteiger partial charge is 0.123 e. The summed E-state index contributed by atoms with van der Waals surface area (Å²) in [6.07, 6.45) is 3.46. The molecule has 0 aromatic heterocycles. The summed E-state index contributed by atoms with van der Waals surface area (Å²) in [5, 5.41) is 0. The lowest BCUT2D eigenvalue weighted by molar-refractivity contribution is 0.219. The van der Waals surface area contributed by atoms with E-state index in [-0.39, 0.29) is 0 Å². The Labute approximate surface area is 92.6 Å². The number of nitrogens with two attached hydrogens (primary N) is 1. The molecular formula is C11H14BrNO. The van der Waals surface area contributed by atoms with Gasteiger partial charge in [-0.1, -0.05) is 15.9 Å². The van der Waals surface area contributed by atoms with Crippen molar-refractivity contribution >= 4 is 15.9 Å². The largest absolute Gasteiger partial charge is 0.490 e. The van der Waals surface area contributed by atoms with Crippen molar-refractivity contribution in [3.8, 4) is 5.75 Å². The molecule has 1 unspecified atom stereocenters. The quantitative estimate of drug-likeness (QED) is 0.901. The first-order chi connectivity index (χ1) is 6.79. The Kier molecular flexibility index (Phi) is 3.08. The van der Waals surface area contributed by atoms with Gasteiger partial charge in [0.05, 0.1) is 0 Å². The highest BCUT2D eigenvalue weighted by Crippen LogP contribution is 2.32. The van der Waals surface area contributed by atoms with Crippen molar-refractivity contribution in [2.24, 2.45) is 5.73 Å². The number of hydrogen-bond acceptors (Lipinski definition) is 2. The summed E-state index contributed by atoms with van der Waals surface area (Å²) in [5.41, 5.74) is 6.78. The fourth-order valence-electron chi connectivity index (χ4n) is 1.80. The first-order valence-electron chi connectivity index (χ1n) is 4.95. The molecule has 0 saturated heterocycles. The summed E-state index contributed by atoms with van der Waals surface area (Å²) in [4.78, 5) is 0. The molecule has 1 heterocycles. The molecule has 0 bridgehead atoms. The number of benzene rings is 1. The minimum absolute atomic E-state index is 0.336. The molecule has 0 radical (unpaired) electrons.